The van der Waals surface area contributed by atoms with Gasteiger partial charge in [0.1, 0.15) is 0 Å². The summed E-state index contributed by atoms with van der Waals surface area (Å²) in [6.45, 7) is 0.176. The van der Waals surface area contributed by atoms with Crippen LogP contribution in [-0.4, -0.2) is 38.3 Å². The van der Waals surface area contributed by atoms with Crippen molar-refractivity contribution >= 4 is 22.8 Å². The van der Waals surface area contributed by atoms with Crippen molar-refractivity contribution in [2.45, 2.75) is 13.1 Å². The summed E-state index contributed by atoms with van der Waals surface area (Å²) in [6, 6.07) is 19.9. The zero-order chi connectivity index (χ0) is 25.1. The molecular weight excluding hydrogens is 450 g/mol. The van der Waals surface area contributed by atoms with Crippen molar-refractivity contribution < 1.29 is 19.5 Å². The number of carboxylic acid groups (broad SMARTS) is 1. The molecule has 0 radical (unpaired) electrons. The van der Waals surface area contributed by atoms with Crippen LogP contribution in [0.4, 0.5) is 0 Å². The first-order chi connectivity index (χ1) is 16.8. The van der Waals surface area contributed by atoms with E-state index in [0.717, 1.165) is 10.1 Å². The number of carbonyl (C=O) groups is 2. The lowest BCUT2D eigenvalue weighted by Crippen LogP contribution is -2.39. The molecule has 0 unspecified atom stereocenters. The van der Waals surface area contributed by atoms with Gasteiger partial charge >= 0.3 is 11.7 Å². The number of aryl methyl sites for hydroxylation is 1. The maximum Gasteiger partial charge on any atom is 0.335 e. The highest BCUT2D eigenvalue weighted by Gasteiger charge is 2.19. The second kappa shape index (κ2) is 9.78. The van der Waals surface area contributed by atoms with Crippen molar-refractivity contribution in [3.05, 3.63) is 116 Å². The maximum absolute atomic E-state index is 13.3. The Morgan fingerprint density at radius 1 is 0.914 bits per heavy atom. The van der Waals surface area contributed by atoms with Crippen LogP contribution in [0.25, 0.3) is 10.9 Å². The van der Waals surface area contributed by atoms with Crippen LogP contribution >= 0.6 is 0 Å². The third-order valence-electron chi connectivity index (χ3n) is 5.76. The van der Waals surface area contributed by atoms with E-state index in [2.05, 4.69) is 0 Å². The molecule has 9 heteroatoms. The molecule has 0 bridgehead atoms. The van der Waals surface area contributed by atoms with Gasteiger partial charge in [0.15, 0.2) is 0 Å². The molecule has 1 aromatic heterocycles. The third-order valence-corrected chi connectivity index (χ3v) is 5.76. The Hall–Kier alpha value is -4.50. The molecule has 178 valence electrons. The summed E-state index contributed by atoms with van der Waals surface area (Å²) < 4.78 is 2.40. The summed E-state index contributed by atoms with van der Waals surface area (Å²) in [5.74, 6) is -1.49. The first-order valence-electron chi connectivity index (χ1n) is 10.8. The number of carbonyl (C=O) groups excluding carboxylic acids is 1. The molecule has 0 fully saturated rings. The second-order valence-corrected chi connectivity index (χ2v) is 7.98. The molecule has 3 aromatic carbocycles. The molecule has 4 rings (SSSR count). The molecule has 0 aliphatic rings. The van der Waals surface area contributed by atoms with E-state index < -0.39 is 23.1 Å². The maximum atomic E-state index is 13.3. The van der Waals surface area contributed by atoms with E-state index in [-0.39, 0.29) is 29.6 Å². The summed E-state index contributed by atoms with van der Waals surface area (Å²) in [5.41, 5.74) is 1.13. The summed E-state index contributed by atoms with van der Waals surface area (Å²) >= 11 is 0. The van der Waals surface area contributed by atoms with E-state index >= 15 is 0 Å². The standard InChI is InChI=1S/C26H23N3O6/c1-27-22-13-12-20(23(30)29(35-2)16-17-6-4-3-5-7-17)14-21(22)24(31)28(26(27)34)15-18-8-10-19(11-9-18)25(32)33/h3-14H,15-16H2,1-2H3,(H,32,33). The van der Waals surface area contributed by atoms with Crippen molar-refractivity contribution in [1.82, 2.24) is 14.2 Å². The topological polar surface area (TPSA) is 111 Å². The summed E-state index contributed by atoms with van der Waals surface area (Å²) in [7, 11) is 2.95. The molecule has 1 amide bonds. The van der Waals surface area contributed by atoms with Crippen LogP contribution in [0.3, 0.4) is 0 Å². The average molecular weight is 473 g/mol. The van der Waals surface area contributed by atoms with Crippen LogP contribution in [0, 0.1) is 0 Å². The molecule has 0 saturated heterocycles. The molecule has 0 saturated carbocycles. The number of aromatic nitrogens is 2. The van der Waals surface area contributed by atoms with Crippen molar-refractivity contribution in [3.8, 4) is 0 Å². The number of hydrogen-bond acceptors (Lipinski definition) is 5. The number of hydrogen-bond donors (Lipinski definition) is 1. The minimum atomic E-state index is -1.06. The van der Waals surface area contributed by atoms with Gasteiger partial charge in [-0.05, 0) is 41.5 Å². The molecule has 1 heterocycles. The fraction of sp³-hybridized carbons (Fsp3) is 0.154. The van der Waals surface area contributed by atoms with E-state index in [0.29, 0.717) is 11.1 Å². The Labute approximate surface area is 200 Å². The van der Waals surface area contributed by atoms with Gasteiger partial charge in [0.2, 0.25) is 0 Å². The molecule has 0 aliphatic carbocycles. The lowest BCUT2D eigenvalue weighted by atomic mass is 10.1. The van der Waals surface area contributed by atoms with Crippen molar-refractivity contribution in [2.75, 3.05) is 7.11 Å². The smallest absolute Gasteiger partial charge is 0.335 e. The molecule has 4 aromatic rings. The van der Waals surface area contributed by atoms with Gasteiger partial charge in [-0.2, -0.15) is 0 Å². The molecule has 0 spiro atoms. The Bertz CT molecular complexity index is 1520. The summed E-state index contributed by atoms with van der Waals surface area (Å²) in [4.78, 5) is 55.7. The van der Waals surface area contributed by atoms with Gasteiger partial charge in [-0.15, -0.1) is 0 Å². The number of carboxylic acids is 1. The van der Waals surface area contributed by atoms with Crippen LogP contribution in [0.1, 0.15) is 31.8 Å². The minimum absolute atomic E-state index is 0.0439. The Morgan fingerprint density at radius 3 is 2.20 bits per heavy atom. The van der Waals surface area contributed by atoms with Crippen LogP contribution in [-0.2, 0) is 25.0 Å². The molecule has 0 atom stereocenters. The zero-order valence-corrected chi connectivity index (χ0v) is 19.2. The molecule has 1 N–H and O–H groups in total. The SMILES string of the molecule is CON(Cc1ccccc1)C(=O)c1ccc2c(c1)c(=O)n(Cc1ccc(C(=O)O)cc1)c(=O)n2C. The van der Waals surface area contributed by atoms with Crippen molar-refractivity contribution in [2.24, 2.45) is 7.05 Å². The fourth-order valence-corrected chi connectivity index (χ4v) is 3.84. The van der Waals surface area contributed by atoms with E-state index in [4.69, 9.17) is 9.94 Å². The number of hydroxylamine groups is 2. The summed E-state index contributed by atoms with van der Waals surface area (Å²) in [6.07, 6.45) is 0. The quantitative estimate of drug-likeness (QED) is 0.413. The zero-order valence-electron chi connectivity index (χ0n) is 19.2. The normalized spacial score (nSPS) is 10.9. The predicted molar refractivity (Wildman–Crippen MR) is 129 cm³/mol. The highest BCUT2D eigenvalue weighted by atomic mass is 16.7. The number of aromatic carboxylic acids is 1. The molecule has 9 nitrogen and oxygen atoms in total. The lowest BCUT2D eigenvalue weighted by Gasteiger charge is -2.20. The molecular formula is C26H23N3O6. The number of benzene rings is 3. The van der Waals surface area contributed by atoms with Crippen molar-refractivity contribution in [1.29, 1.82) is 0 Å². The highest BCUT2D eigenvalue weighted by molar-refractivity contribution is 5.97. The Morgan fingerprint density at radius 2 is 1.57 bits per heavy atom. The third kappa shape index (κ3) is 4.75. The van der Waals surface area contributed by atoms with Gasteiger partial charge < -0.3 is 5.11 Å². The van der Waals surface area contributed by atoms with E-state index in [1.54, 1.807) is 31.3 Å². The Kier molecular flexibility index (Phi) is 6.61. The molecule has 35 heavy (non-hydrogen) atoms. The average Bonchev–Trinajstić information content (AvgIpc) is 2.88. The first-order valence-corrected chi connectivity index (χ1v) is 10.8. The lowest BCUT2D eigenvalue weighted by molar-refractivity contribution is -0.102. The van der Waals surface area contributed by atoms with Gasteiger partial charge in [0, 0.05) is 12.6 Å². The van der Waals surface area contributed by atoms with Gasteiger partial charge in [0.05, 0.1) is 36.7 Å². The van der Waals surface area contributed by atoms with Crippen LogP contribution in [0.2, 0.25) is 0 Å². The molecule has 0 aliphatic heterocycles. The Balaban J connectivity index is 1.72. The van der Waals surface area contributed by atoms with Crippen molar-refractivity contribution in [3.63, 3.8) is 0 Å². The highest BCUT2D eigenvalue weighted by Crippen LogP contribution is 2.15. The fourth-order valence-electron chi connectivity index (χ4n) is 3.84. The summed E-state index contributed by atoms with van der Waals surface area (Å²) in [5, 5.41) is 10.5. The first kappa shape index (κ1) is 23.7. The number of fused-ring (bicyclic) bond motifs is 1. The van der Waals surface area contributed by atoms with E-state index in [1.807, 2.05) is 30.3 Å². The van der Waals surface area contributed by atoms with Gasteiger partial charge in [-0.3, -0.25) is 23.6 Å². The van der Waals surface area contributed by atoms with Gasteiger partial charge in [-0.1, -0.05) is 42.5 Å². The van der Waals surface area contributed by atoms with Crippen LogP contribution < -0.4 is 11.2 Å². The van der Waals surface area contributed by atoms with E-state index in [1.165, 1.54) is 34.9 Å². The van der Waals surface area contributed by atoms with Crippen LogP contribution in [0.15, 0.2) is 82.4 Å². The van der Waals surface area contributed by atoms with Gasteiger partial charge in [0.25, 0.3) is 11.5 Å². The largest absolute Gasteiger partial charge is 0.478 e. The number of rotatable bonds is 7. The number of nitrogens with zero attached hydrogens (tertiary/aromatic N) is 3. The van der Waals surface area contributed by atoms with E-state index in [9.17, 15) is 19.2 Å². The van der Waals surface area contributed by atoms with Crippen LogP contribution in [0.5, 0.6) is 0 Å². The minimum Gasteiger partial charge on any atom is -0.478 e. The van der Waals surface area contributed by atoms with Gasteiger partial charge in [-0.25, -0.2) is 14.7 Å². The number of amides is 1. The monoisotopic (exact) mass is 473 g/mol. The predicted octanol–water partition coefficient (Wildman–Crippen LogP) is 2.65. The second-order valence-electron chi connectivity index (χ2n) is 7.98.